The van der Waals surface area contributed by atoms with E-state index in [4.69, 9.17) is 9.26 Å². The van der Waals surface area contributed by atoms with Gasteiger partial charge < -0.3 is 9.26 Å². The highest BCUT2D eigenvalue weighted by molar-refractivity contribution is 5.80. The minimum absolute atomic E-state index is 0.165. The molecule has 1 aromatic carbocycles. The molecule has 6 heteroatoms. The van der Waals surface area contributed by atoms with Crippen LogP contribution in [0.3, 0.4) is 0 Å². The fourth-order valence-electron chi connectivity index (χ4n) is 1.78. The zero-order valence-electron chi connectivity index (χ0n) is 12.4. The summed E-state index contributed by atoms with van der Waals surface area (Å²) in [6, 6.07) is 4.53. The number of hydrogen-bond acceptors (Lipinski definition) is 5. The number of aryl methyl sites for hydroxylation is 1. The van der Waals surface area contributed by atoms with Gasteiger partial charge in [-0.2, -0.15) is 4.98 Å². The van der Waals surface area contributed by atoms with Gasteiger partial charge in [-0.15, -0.1) is 0 Å². The number of halogens is 1. The number of carbonyl (C=O) groups excluding carboxylic acids is 1. The number of aromatic nitrogens is 2. The summed E-state index contributed by atoms with van der Waals surface area (Å²) in [5.41, 5.74) is 0.0862. The summed E-state index contributed by atoms with van der Waals surface area (Å²) in [4.78, 5) is 16.1. The summed E-state index contributed by atoms with van der Waals surface area (Å²) in [5, 5.41) is 3.85. The Morgan fingerprint density at radius 3 is 2.76 bits per heavy atom. The summed E-state index contributed by atoms with van der Waals surface area (Å²) in [7, 11) is 0. The van der Waals surface area contributed by atoms with E-state index < -0.39 is 11.4 Å². The smallest absolute Gasteiger partial charge is 0.321 e. The second-order valence-corrected chi connectivity index (χ2v) is 5.23. The van der Waals surface area contributed by atoms with Crippen molar-refractivity contribution in [2.24, 2.45) is 0 Å². The van der Waals surface area contributed by atoms with E-state index in [9.17, 15) is 9.18 Å². The predicted octanol–water partition coefficient (Wildman–Crippen LogP) is 3.02. The normalized spacial score (nSPS) is 11.5. The first kappa shape index (κ1) is 15.2. The summed E-state index contributed by atoms with van der Waals surface area (Å²) >= 11 is 0. The van der Waals surface area contributed by atoms with Crippen LogP contribution in [-0.4, -0.2) is 22.7 Å². The lowest BCUT2D eigenvalue weighted by Gasteiger charge is -2.16. The Morgan fingerprint density at radius 1 is 1.43 bits per heavy atom. The van der Waals surface area contributed by atoms with E-state index in [2.05, 4.69) is 10.1 Å². The molecule has 0 aliphatic carbocycles. The Hall–Kier alpha value is -2.24. The Kier molecular flexibility index (Phi) is 4.06. The molecule has 0 N–H and O–H groups in total. The highest BCUT2D eigenvalue weighted by Gasteiger charge is 2.37. The Bertz CT molecular complexity index is 665. The molecule has 2 aromatic rings. The van der Waals surface area contributed by atoms with Crippen molar-refractivity contribution in [1.29, 1.82) is 0 Å². The number of benzene rings is 1. The van der Waals surface area contributed by atoms with Crippen molar-refractivity contribution >= 4 is 5.97 Å². The van der Waals surface area contributed by atoms with Crippen molar-refractivity contribution in [2.75, 3.05) is 6.61 Å². The molecule has 21 heavy (non-hydrogen) atoms. The van der Waals surface area contributed by atoms with Crippen LogP contribution in [0, 0.1) is 12.7 Å². The van der Waals surface area contributed by atoms with E-state index in [-0.39, 0.29) is 18.3 Å². The molecule has 0 amide bonds. The van der Waals surface area contributed by atoms with Gasteiger partial charge in [-0.1, -0.05) is 5.16 Å². The summed E-state index contributed by atoms with van der Waals surface area (Å²) in [5.74, 6) is -0.256. The topological polar surface area (TPSA) is 65.2 Å². The maximum absolute atomic E-state index is 13.3. The number of rotatable bonds is 4. The summed E-state index contributed by atoms with van der Waals surface area (Å²) < 4.78 is 23.4. The Morgan fingerprint density at radius 2 is 2.14 bits per heavy atom. The molecule has 0 saturated carbocycles. The molecule has 0 bridgehead atoms. The molecule has 0 saturated heterocycles. The molecule has 0 spiro atoms. The molecular weight excluding hydrogens is 275 g/mol. The van der Waals surface area contributed by atoms with E-state index in [0.29, 0.717) is 17.0 Å². The second kappa shape index (κ2) is 5.63. The predicted molar refractivity (Wildman–Crippen MR) is 74.1 cm³/mol. The number of esters is 1. The standard InChI is InChI=1S/C15H17FN2O3/c1-5-20-14(19)15(3,4)13-17-12(18-21-13)10-6-7-11(16)9(2)8-10/h6-8H,5H2,1-4H3. The van der Waals surface area contributed by atoms with Crippen molar-refractivity contribution in [3.05, 3.63) is 35.5 Å². The maximum atomic E-state index is 13.3. The fraction of sp³-hybridized carbons (Fsp3) is 0.400. The molecule has 0 unspecified atom stereocenters. The van der Waals surface area contributed by atoms with Crippen LogP contribution in [0.1, 0.15) is 32.2 Å². The third-order valence-corrected chi connectivity index (χ3v) is 3.16. The molecule has 2 rings (SSSR count). The third-order valence-electron chi connectivity index (χ3n) is 3.16. The minimum Gasteiger partial charge on any atom is -0.465 e. The zero-order chi connectivity index (χ0) is 15.6. The molecule has 112 valence electrons. The lowest BCUT2D eigenvalue weighted by molar-refractivity contribution is -0.149. The highest BCUT2D eigenvalue weighted by Crippen LogP contribution is 2.26. The monoisotopic (exact) mass is 292 g/mol. The van der Waals surface area contributed by atoms with Crippen LogP contribution in [0.5, 0.6) is 0 Å². The van der Waals surface area contributed by atoms with Crippen LogP contribution in [0.25, 0.3) is 11.4 Å². The lowest BCUT2D eigenvalue weighted by Crippen LogP contribution is -2.31. The largest absolute Gasteiger partial charge is 0.465 e. The molecule has 0 atom stereocenters. The average molecular weight is 292 g/mol. The first-order chi connectivity index (χ1) is 9.86. The van der Waals surface area contributed by atoms with E-state index >= 15 is 0 Å². The van der Waals surface area contributed by atoms with Crippen molar-refractivity contribution in [3.8, 4) is 11.4 Å². The van der Waals surface area contributed by atoms with Gasteiger partial charge in [-0.25, -0.2) is 4.39 Å². The highest BCUT2D eigenvalue weighted by atomic mass is 19.1. The van der Waals surface area contributed by atoms with Crippen LogP contribution in [0.2, 0.25) is 0 Å². The minimum atomic E-state index is -1.03. The van der Waals surface area contributed by atoms with Gasteiger partial charge in [0.2, 0.25) is 11.7 Å². The molecule has 0 aliphatic rings. The van der Waals surface area contributed by atoms with Crippen LogP contribution in [0.15, 0.2) is 22.7 Å². The van der Waals surface area contributed by atoms with Gasteiger partial charge in [0, 0.05) is 5.56 Å². The van der Waals surface area contributed by atoms with Crippen molar-refractivity contribution in [3.63, 3.8) is 0 Å². The Balaban J connectivity index is 2.33. The zero-order valence-corrected chi connectivity index (χ0v) is 12.4. The average Bonchev–Trinajstić information content (AvgIpc) is 2.92. The Labute approximate surface area is 122 Å². The number of nitrogens with zero attached hydrogens (tertiary/aromatic N) is 2. The van der Waals surface area contributed by atoms with Crippen LogP contribution in [0.4, 0.5) is 4.39 Å². The molecule has 1 aromatic heterocycles. The quantitative estimate of drug-likeness (QED) is 0.810. The number of carbonyl (C=O) groups is 1. The number of hydrogen-bond donors (Lipinski definition) is 0. The first-order valence-corrected chi connectivity index (χ1v) is 6.64. The molecule has 0 fully saturated rings. The van der Waals surface area contributed by atoms with Gasteiger partial charge in [0.05, 0.1) is 6.61 Å². The summed E-state index contributed by atoms with van der Waals surface area (Å²) in [6.07, 6.45) is 0. The van der Waals surface area contributed by atoms with Gasteiger partial charge >= 0.3 is 5.97 Å². The van der Waals surface area contributed by atoms with Crippen molar-refractivity contribution in [2.45, 2.75) is 33.1 Å². The van der Waals surface area contributed by atoms with Crippen LogP contribution in [-0.2, 0) is 14.9 Å². The molecule has 0 radical (unpaired) electrons. The van der Waals surface area contributed by atoms with Crippen LogP contribution < -0.4 is 0 Å². The van der Waals surface area contributed by atoms with Gasteiger partial charge in [0.25, 0.3) is 0 Å². The molecule has 0 aliphatic heterocycles. The van der Waals surface area contributed by atoms with Gasteiger partial charge in [0.15, 0.2) is 0 Å². The van der Waals surface area contributed by atoms with E-state index in [1.807, 2.05) is 0 Å². The number of ether oxygens (including phenoxy) is 1. The SMILES string of the molecule is CCOC(=O)C(C)(C)c1nc(-c2ccc(F)c(C)c2)no1. The first-order valence-electron chi connectivity index (χ1n) is 6.64. The van der Waals surface area contributed by atoms with Crippen LogP contribution >= 0.6 is 0 Å². The fourth-order valence-corrected chi connectivity index (χ4v) is 1.78. The van der Waals surface area contributed by atoms with E-state index in [0.717, 1.165) is 0 Å². The molecular formula is C15H17FN2O3. The van der Waals surface area contributed by atoms with Crippen molar-refractivity contribution in [1.82, 2.24) is 10.1 Å². The summed E-state index contributed by atoms with van der Waals surface area (Å²) in [6.45, 7) is 6.97. The maximum Gasteiger partial charge on any atom is 0.321 e. The molecule has 1 heterocycles. The van der Waals surface area contributed by atoms with Crippen molar-refractivity contribution < 1.29 is 18.4 Å². The van der Waals surface area contributed by atoms with Gasteiger partial charge in [-0.05, 0) is 51.5 Å². The lowest BCUT2D eigenvalue weighted by atomic mass is 9.94. The van der Waals surface area contributed by atoms with Gasteiger partial charge in [-0.3, -0.25) is 4.79 Å². The molecule has 5 nitrogen and oxygen atoms in total. The van der Waals surface area contributed by atoms with E-state index in [1.54, 1.807) is 39.8 Å². The van der Waals surface area contributed by atoms with E-state index in [1.165, 1.54) is 6.07 Å². The third kappa shape index (κ3) is 2.94. The second-order valence-electron chi connectivity index (χ2n) is 5.23. The van der Waals surface area contributed by atoms with Gasteiger partial charge in [0.1, 0.15) is 11.2 Å².